The Morgan fingerprint density at radius 3 is 2.91 bits per heavy atom. The van der Waals surface area contributed by atoms with Gasteiger partial charge in [0.05, 0.1) is 13.2 Å². The third-order valence-corrected chi connectivity index (χ3v) is 6.09. The van der Waals surface area contributed by atoms with Crippen molar-refractivity contribution in [1.29, 1.82) is 0 Å². The molecule has 166 valence electrons. The van der Waals surface area contributed by atoms with Crippen molar-refractivity contribution in [3.8, 4) is 0 Å². The van der Waals surface area contributed by atoms with E-state index in [0.717, 1.165) is 30.3 Å². The Kier molecular flexibility index (Phi) is 6.59. The molecule has 1 aliphatic rings. The van der Waals surface area contributed by atoms with Crippen LogP contribution in [-0.2, 0) is 22.4 Å². The first-order chi connectivity index (χ1) is 15.6. The van der Waals surface area contributed by atoms with Gasteiger partial charge in [-0.05, 0) is 60.6 Å². The Bertz CT molecular complexity index is 1150. The highest BCUT2D eigenvalue weighted by Gasteiger charge is 2.31. The second-order valence-electron chi connectivity index (χ2n) is 8.01. The predicted octanol–water partition coefficient (Wildman–Crippen LogP) is 4.62. The van der Waals surface area contributed by atoms with Crippen molar-refractivity contribution in [1.82, 2.24) is 15.2 Å². The van der Waals surface area contributed by atoms with E-state index in [2.05, 4.69) is 39.3 Å². The summed E-state index contributed by atoms with van der Waals surface area (Å²) in [6.07, 6.45) is 7.82. The molecule has 0 saturated heterocycles. The van der Waals surface area contributed by atoms with Gasteiger partial charge in [0.2, 0.25) is 0 Å². The number of para-hydroxylation sites is 1. The highest BCUT2D eigenvalue weighted by molar-refractivity contribution is 5.87. The number of ether oxygens (including phenoxy) is 1. The maximum absolute atomic E-state index is 13.0. The van der Waals surface area contributed by atoms with Crippen molar-refractivity contribution in [2.45, 2.75) is 32.2 Å². The Morgan fingerprint density at radius 1 is 1.25 bits per heavy atom. The number of esters is 1. The maximum Gasteiger partial charge on any atom is 0.330 e. The van der Waals surface area contributed by atoms with Crippen LogP contribution >= 0.6 is 0 Å². The summed E-state index contributed by atoms with van der Waals surface area (Å²) in [6, 6.07) is 14.4. The lowest BCUT2D eigenvalue weighted by Gasteiger charge is -2.30. The molecule has 3 aromatic rings. The summed E-state index contributed by atoms with van der Waals surface area (Å²) >= 11 is 0. The number of methoxy groups -OCH3 is 1. The molecule has 0 saturated carbocycles. The number of H-pyrrole nitrogens is 1. The average Bonchev–Trinajstić information content (AvgIpc) is 3.42. The highest BCUT2D eigenvalue weighted by Crippen LogP contribution is 2.37. The molecule has 2 amide bonds. The molecule has 6 heteroatoms. The molecule has 32 heavy (non-hydrogen) atoms. The van der Waals surface area contributed by atoms with Crippen molar-refractivity contribution in [2.24, 2.45) is 0 Å². The minimum atomic E-state index is -0.372. The number of urea groups is 1. The number of fused-ring (bicyclic) bond motifs is 2. The van der Waals surface area contributed by atoms with Crippen LogP contribution < -0.4 is 5.32 Å². The van der Waals surface area contributed by atoms with Gasteiger partial charge in [-0.25, -0.2) is 9.59 Å². The number of aromatic amines is 1. The number of hydrogen-bond donors (Lipinski definition) is 2. The van der Waals surface area contributed by atoms with Crippen LogP contribution in [0.15, 0.2) is 54.7 Å². The second kappa shape index (κ2) is 9.73. The molecule has 0 radical (unpaired) electrons. The van der Waals surface area contributed by atoms with E-state index in [4.69, 9.17) is 0 Å². The smallest absolute Gasteiger partial charge is 0.330 e. The van der Waals surface area contributed by atoms with E-state index in [1.165, 1.54) is 35.3 Å². The topological polar surface area (TPSA) is 74.4 Å². The second-order valence-corrected chi connectivity index (χ2v) is 8.01. The van der Waals surface area contributed by atoms with Crippen LogP contribution in [0.3, 0.4) is 0 Å². The zero-order chi connectivity index (χ0) is 22.5. The SMILES string of the molecule is CCNC(=O)N(CCc1c[nH]c2ccccc12)C1CCc2cc(/C=C/C(=O)OC)ccc21. The van der Waals surface area contributed by atoms with E-state index >= 15 is 0 Å². The summed E-state index contributed by atoms with van der Waals surface area (Å²) < 4.78 is 4.67. The van der Waals surface area contributed by atoms with Crippen LogP contribution in [0.2, 0.25) is 0 Å². The molecule has 1 aromatic heterocycles. The first-order valence-corrected chi connectivity index (χ1v) is 11.1. The molecule has 6 nitrogen and oxygen atoms in total. The quantitative estimate of drug-likeness (QED) is 0.424. The van der Waals surface area contributed by atoms with E-state index in [1.54, 1.807) is 6.08 Å². The van der Waals surface area contributed by atoms with E-state index in [1.807, 2.05) is 36.2 Å². The summed E-state index contributed by atoms with van der Waals surface area (Å²) in [6.45, 7) is 3.18. The standard InChI is InChI=1S/C26H29N3O3/c1-3-27-26(31)29(15-14-20-17-28-23-7-5-4-6-21(20)23)24-12-10-19-16-18(8-11-22(19)24)9-13-25(30)32-2/h4-9,11,13,16-17,24,28H,3,10,12,14-15H2,1-2H3,(H,27,31)/b13-9+. The number of hydrogen-bond acceptors (Lipinski definition) is 3. The normalized spacial score (nSPS) is 15.1. The number of amides is 2. The van der Waals surface area contributed by atoms with Crippen LogP contribution in [0.1, 0.15) is 41.6 Å². The number of nitrogens with one attached hydrogen (secondary N) is 2. The number of nitrogens with zero attached hydrogens (tertiary/aromatic N) is 1. The molecule has 0 spiro atoms. The van der Waals surface area contributed by atoms with Crippen molar-refractivity contribution < 1.29 is 14.3 Å². The Labute approximate surface area is 188 Å². The molecule has 1 aliphatic carbocycles. The molecule has 2 aromatic carbocycles. The van der Waals surface area contributed by atoms with Crippen molar-refractivity contribution in [3.63, 3.8) is 0 Å². The first-order valence-electron chi connectivity index (χ1n) is 11.1. The lowest BCUT2D eigenvalue weighted by atomic mass is 10.0. The van der Waals surface area contributed by atoms with E-state index in [9.17, 15) is 9.59 Å². The summed E-state index contributed by atoms with van der Waals surface area (Å²) in [5.41, 5.74) is 5.70. The zero-order valence-electron chi connectivity index (χ0n) is 18.6. The number of benzene rings is 2. The lowest BCUT2D eigenvalue weighted by Crippen LogP contribution is -2.42. The van der Waals surface area contributed by atoms with Gasteiger partial charge in [-0.3, -0.25) is 0 Å². The van der Waals surface area contributed by atoms with Gasteiger partial charge in [0.1, 0.15) is 0 Å². The van der Waals surface area contributed by atoms with Gasteiger partial charge in [0.25, 0.3) is 0 Å². The Balaban J connectivity index is 1.55. The predicted molar refractivity (Wildman–Crippen MR) is 126 cm³/mol. The fourth-order valence-electron chi connectivity index (χ4n) is 4.51. The number of aryl methyl sites for hydroxylation is 1. The van der Waals surface area contributed by atoms with Crippen molar-refractivity contribution in [2.75, 3.05) is 20.2 Å². The lowest BCUT2D eigenvalue weighted by molar-refractivity contribution is -0.134. The van der Waals surface area contributed by atoms with Gasteiger partial charge in [-0.2, -0.15) is 0 Å². The summed E-state index contributed by atoms with van der Waals surface area (Å²) in [5, 5.41) is 4.19. The van der Waals surface area contributed by atoms with Gasteiger partial charge in [-0.1, -0.05) is 36.4 Å². The summed E-state index contributed by atoms with van der Waals surface area (Å²) in [7, 11) is 1.37. The monoisotopic (exact) mass is 431 g/mol. The highest BCUT2D eigenvalue weighted by atomic mass is 16.5. The fraction of sp³-hybridized carbons (Fsp3) is 0.308. The van der Waals surface area contributed by atoms with Crippen molar-refractivity contribution in [3.05, 3.63) is 77.0 Å². The molecule has 0 fully saturated rings. The third kappa shape index (κ3) is 4.54. The molecule has 0 bridgehead atoms. The largest absolute Gasteiger partial charge is 0.466 e. The van der Waals surface area contributed by atoms with E-state index in [-0.39, 0.29) is 18.0 Å². The Morgan fingerprint density at radius 2 is 2.09 bits per heavy atom. The molecule has 1 heterocycles. The van der Waals surface area contributed by atoms with Crippen LogP contribution in [0, 0.1) is 0 Å². The first kappa shape index (κ1) is 21.7. The van der Waals surface area contributed by atoms with Crippen LogP contribution in [0.4, 0.5) is 4.79 Å². The minimum absolute atomic E-state index is 0.0279. The molecule has 0 aliphatic heterocycles. The number of carbonyl (C=O) groups is 2. The molecular weight excluding hydrogens is 402 g/mol. The zero-order valence-corrected chi connectivity index (χ0v) is 18.6. The van der Waals surface area contributed by atoms with Crippen LogP contribution in [-0.4, -0.2) is 42.1 Å². The fourth-order valence-corrected chi connectivity index (χ4v) is 4.51. The molecule has 1 atom stereocenters. The number of carbonyl (C=O) groups excluding carboxylic acids is 2. The van der Waals surface area contributed by atoms with Gasteiger partial charge in [0, 0.05) is 36.3 Å². The van der Waals surface area contributed by atoms with E-state index in [0.29, 0.717) is 13.1 Å². The number of aromatic nitrogens is 1. The van der Waals surface area contributed by atoms with Gasteiger partial charge < -0.3 is 19.9 Å². The molecular formula is C26H29N3O3. The minimum Gasteiger partial charge on any atom is -0.466 e. The van der Waals surface area contributed by atoms with Gasteiger partial charge >= 0.3 is 12.0 Å². The molecule has 2 N–H and O–H groups in total. The van der Waals surface area contributed by atoms with E-state index < -0.39 is 0 Å². The van der Waals surface area contributed by atoms with Crippen LogP contribution in [0.5, 0.6) is 0 Å². The van der Waals surface area contributed by atoms with Crippen molar-refractivity contribution >= 4 is 29.0 Å². The summed E-state index contributed by atoms with van der Waals surface area (Å²) in [4.78, 5) is 29.7. The molecule has 1 unspecified atom stereocenters. The third-order valence-electron chi connectivity index (χ3n) is 6.09. The van der Waals surface area contributed by atoms with Crippen LogP contribution in [0.25, 0.3) is 17.0 Å². The summed E-state index contributed by atoms with van der Waals surface area (Å²) in [5.74, 6) is -0.372. The average molecular weight is 432 g/mol. The van der Waals surface area contributed by atoms with Gasteiger partial charge in [0.15, 0.2) is 0 Å². The Hall–Kier alpha value is -3.54. The van der Waals surface area contributed by atoms with Gasteiger partial charge in [-0.15, -0.1) is 0 Å². The maximum atomic E-state index is 13.0. The molecule has 4 rings (SSSR count). The number of rotatable bonds is 7.